The minimum atomic E-state index is -0.180. The van der Waals surface area contributed by atoms with Crippen molar-refractivity contribution < 1.29 is 14.3 Å². The van der Waals surface area contributed by atoms with Crippen LogP contribution in [-0.2, 0) is 6.54 Å². The van der Waals surface area contributed by atoms with Crippen molar-refractivity contribution in [3.05, 3.63) is 53.9 Å². The number of carbonyl (C=O) groups excluding carboxylic acids is 1. The Kier molecular flexibility index (Phi) is 9.94. The number of hydrogen-bond acceptors (Lipinski definition) is 5. The summed E-state index contributed by atoms with van der Waals surface area (Å²) in [5.41, 5.74) is 7.29. The number of carbonyl (C=O) groups is 1. The highest BCUT2D eigenvalue weighted by Gasteiger charge is 2.05. The minimum absolute atomic E-state index is 0. The molecule has 0 aliphatic heterocycles. The molecule has 0 atom stereocenters. The van der Waals surface area contributed by atoms with Gasteiger partial charge in [-0.1, -0.05) is 6.07 Å². The van der Waals surface area contributed by atoms with Gasteiger partial charge in [0.15, 0.2) is 17.5 Å². The third-order valence-corrected chi connectivity index (χ3v) is 3.52. The lowest BCUT2D eigenvalue weighted by Crippen LogP contribution is -2.38. The van der Waals surface area contributed by atoms with E-state index in [9.17, 15) is 4.79 Å². The van der Waals surface area contributed by atoms with Gasteiger partial charge in [-0.25, -0.2) is 4.99 Å². The maximum absolute atomic E-state index is 11.9. The molecule has 0 fully saturated rings. The summed E-state index contributed by atoms with van der Waals surface area (Å²) in [7, 11) is 3.17. The number of nitrogens with zero attached hydrogens (tertiary/aromatic N) is 2. The van der Waals surface area contributed by atoms with E-state index >= 15 is 0 Å². The van der Waals surface area contributed by atoms with Crippen LogP contribution >= 0.6 is 24.0 Å². The number of rotatable bonds is 8. The van der Waals surface area contributed by atoms with E-state index in [0.29, 0.717) is 42.7 Å². The topological polar surface area (TPSA) is 111 Å². The van der Waals surface area contributed by atoms with Gasteiger partial charge in [0, 0.05) is 25.5 Å². The Morgan fingerprint density at radius 2 is 1.89 bits per heavy atom. The number of pyridine rings is 1. The molecule has 4 N–H and O–H groups in total. The standard InChI is InChI=1S/C18H23N5O3.HI/c1-25-15-6-5-13(10-16(15)26-2)11-23-18(19)22-9-8-21-17(24)14-4-3-7-20-12-14;/h3-7,10,12H,8-9,11H2,1-2H3,(H,21,24)(H3,19,22,23);1H. The van der Waals surface area contributed by atoms with Gasteiger partial charge in [0.2, 0.25) is 0 Å². The van der Waals surface area contributed by atoms with Crippen LogP contribution in [0, 0.1) is 0 Å². The molecule has 0 radical (unpaired) electrons. The number of benzene rings is 1. The number of nitrogens with one attached hydrogen (secondary N) is 2. The highest BCUT2D eigenvalue weighted by molar-refractivity contribution is 14.0. The summed E-state index contributed by atoms with van der Waals surface area (Å²) in [5.74, 6) is 1.43. The number of aliphatic imine (C=N–C) groups is 1. The molecule has 0 saturated carbocycles. The molecule has 0 aliphatic rings. The van der Waals surface area contributed by atoms with Crippen LogP contribution in [0.5, 0.6) is 11.5 Å². The van der Waals surface area contributed by atoms with E-state index in [0.717, 1.165) is 5.56 Å². The van der Waals surface area contributed by atoms with Gasteiger partial charge < -0.3 is 25.8 Å². The first-order valence-electron chi connectivity index (χ1n) is 8.07. The average molecular weight is 485 g/mol. The van der Waals surface area contributed by atoms with E-state index in [1.807, 2.05) is 18.2 Å². The van der Waals surface area contributed by atoms with Crippen molar-refractivity contribution in [2.75, 3.05) is 27.3 Å². The maximum Gasteiger partial charge on any atom is 0.252 e. The van der Waals surface area contributed by atoms with Crippen LogP contribution in [-0.4, -0.2) is 44.2 Å². The van der Waals surface area contributed by atoms with Crippen molar-refractivity contribution in [1.29, 1.82) is 0 Å². The maximum atomic E-state index is 11.9. The van der Waals surface area contributed by atoms with Crippen molar-refractivity contribution >= 4 is 35.8 Å². The number of guanidine groups is 1. The summed E-state index contributed by atoms with van der Waals surface area (Å²) in [6.07, 6.45) is 3.13. The summed E-state index contributed by atoms with van der Waals surface area (Å²) in [6.45, 7) is 1.29. The van der Waals surface area contributed by atoms with Gasteiger partial charge in [-0.15, -0.1) is 24.0 Å². The fourth-order valence-electron chi connectivity index (χ4n) is 2.18. The number of hydrogen-bond donors (Lipinski definition) is 3. The van der Waals surface area contributed by atoms with Crippen molar-refractivity contribution in [3.8, 4) is 11.5 Å². The predicted octanol–water partition coefficient (Wildman–Crippen LogP) is 1.55. The molecule has 0 unspecified atom stereocenters. The average Bonchev–Trinajstić information content (AvgIpc) is 2.69. The first-order valence-corrected chi connectivity index (χ1v) is 8.07. The molecule has 9 heteroatoms. The zero-order chi connectivity index (χ0) is 18.8. The van der Waals surface area contributed by atoms with E-state index in [1.165, 1.54) is 6.20 Å². The summed E-state index contributed by atoms with van der Waals surface area (Å²) in [5, 5.41) is 5.73. The van der Waals surface area contributed by atoms with Crippen molar-refractivity contribution in [3.63, 3.8) is 0 Å². The van der Waals surface area contributed by atoms with Gasteiger partial charge in [-0.3, -0.25) is 9.78 Å². The molecule has 0 saturated heterocycles. The molecule has 8 nitrogen and oxygen atoms in total. The summed E-state index contributed by atoms with van der Waals surface area (Å²) in [4.78, 5) is 20.0. The number of aromatic nitrogens is 1. The van der Waals surface area contributed by atoms with Crippen LogP contribution in [0.25, 0.3) is 0 Å². The SMILES string of the molecule is COc1ccc(CN=C(N)NCCNC(=O)c2cccnc2)cc1OC.I. The number of methoxy groups -OCH3 is 2. The van der Waals surface area contributed by atoms with E-state index in [2.05, 4.69) is 20.6 Å². The lowest BCUT2D eigenvalue weighted by molar-refractivity contribution is 0.0954. The number of nitrogens with two attached hydrogens (primary N) is 1. The Balaban J connectivity index is 0.00000364. The monoisotopic (exact) mass is 485 g/mol. The minimum Gasteiger partial charge on any atom is -0.493 e. The first kappa shape index (κ1) is 22.5. The van der Waals surface area contributed by atoms with Crippen LogP contribution in [0.2, 0.25) is 0 Å². The van der Waals surface area contributed by atoms with E-state index < -0.39 is 0 Å². The fraction of sp³-hybridized carbons (Fsp3) is 0.278. The third kappa shape index (κ3) is 7.29. The van der Waals surface area contributed by atoms with Crippen molar-refractivity contribution in [2.45, 2.75) is 6.54 Å². The summed E-state index contributed by atoms with van der Waals surface area (Å²) >= 11 is 0. The largest absolute Gasteiger partial charge is 0.493 e. The number of halogens is 1. The van der Waals surface area contributed by atoms with Gasteiger partial charge in [0.05, 0.1) is 26.3 Å². The van der Waals surface area contributed by atoms with Gasteiger partial charge in [0.25, 0.3) is 5.91 Å². The normalized spacial score (nSPS) is 10.5. The Hall–Kier alpha value is -2.56. The van der Waals surface area contributed by atoms with E-state index in [-0.39, 0.29) is 29.9 Å². The molecule has 27 heavy (non-hydrogen) atoms. The molecule has 1 aromatic heterocycles. The molecule has 1 heterocycles. The molecular formula is C18H24IN5O3. The van der Waals surface area contributed by atoms with E-state index in [4.69, 9.17) is 15.2 Å². The summed E-state index contributed by atoms with van der Waals surface area (Å²) in [6, 6.07) is 8.98. The second kappa shape index (κ2) is 11.9. The summed E-state index contributed by atoms with van der Waals surface area (Å²) < 4.78 is 10.5. The molecular weight excluding hydrogens is 461 g/mol. The molecule has 0 spiro atoms. The van der Waals surface area contributed by atoms with Gasteiger partial charge in [-0.2, -0.15) is 0 Å². The Labute approximate surface area is 175 Å². The lowest BCUT2D eigenvalue weighted by atomic mass is 10.2. The van der Waals surface area contributed by atoms with Crippen molar-refractivity contribution in [1.82, 2.24) is 15.6 Å². The number of amides is 1. The Bertz CT molecular complexity index is 756. The molecule has 0 bridgehead atoms. The quantitative estimate of drug-likeness (QED) is 0.227. The molecule has 1 amide bonds. The molecule has 1 aromatic carbocycles. The van der Waals surface area contributed by atoms with Gasteiger partial charge in [-0.05, 0) is 29.8 Å². The third-order valence-electron chi connectivity index (χ3n) is 3.52. The van der Waals surface area contributed by atoms with E-state index in [1.54, 1.807) is 32.5 Å². The van der Waals surface area contributed by atoms with Crippen LogP contribution in [0.1, 0.15) is 15.9 Å². The molecule has 2 rings (SSSR count). The number of ether oxygens (including phenoxy) is 2. The zero-order valence-corrected chi connectivity index (χ0v) is 17.6. The molecule has 146 valence electrons. The second-order valence-electron chi connectivity index (χ2n) is 5.32. The van der Waals surface area contributed by atoms with Crippen LogP contribution in [0.15, 0.2) is 47.7 Å². The Morgan fingerprint density at radius 1 is 1.15 bits per heavy atom. The lowest BCUT2D eigenvalue weighted by Gasteiger charge is -2.09. The highest BCUT2D eigenvalue weighted by atomic mass is 127. The first-order chi connectivity index (χ1) is 12.6. The van der Waals surface area contributed by atoms with Gasteiger partial charge in [0.1, 0.15) is 0 Å². The second-order valence-corrected chi connectivity index (χ2v) is 5.32. The predicted molar refractivity (Wildman–Crippen MR) is 115 cm³/mol. The van der Waals surface area contributed by atoms with Crippen LogP contribution < -0.4 is 25.8 Å². The van der Waals surface area contributed by atoms with Crippen LogP contribution in [0.4, 0.5) is 0 Å². The van der Waals surface area contributed by atoms with Crippen molar-refractivity contribution in [2.24, 2.45) is 10.7 Å². The van der Waals surface area contributed by atoms with Gasteiger partial charge >= 0.3 is 0 Å². The smallest absolute Gasteiger partial charge is 0.252 e. The highest BCUT2D eigenvalue weighted by Crippen LogP contribution is 2.27. The molecule has 2 aromatic rings. The zero-order valence-electron chi connectivity index (χ0n) is 15.3. The Morgan fingerprint density at radius 3 is 2.56 bits per heavy atom. The van der Waals surface area contributed by atoms with Crippen LogP contribution in [0.3, 0.4) is 0 Å². The fourth-order valence-corrected chi connectivity index (χ4v) is 2.18. The molecule has 0 aliphatic carbocycles.